The second-order valence-electron chi connectivity index (χ2n) is 4.97. The van der Waals surface area contributed by atoms with Gasteiger partial charge in [-0.3, -0.25) is 9.88 Å². The zero-order valence-corrected chi connectivity index (χ0v) is 12.6. The van der Waals surface area contributed by atoms with Crippen molar-refractivity contribution in [2.24, 2.45) is 0 Å². The van der Waals surface area contributed by atoms with Gasteiger partial charge in [-0.15, -0.1) is 0 Å². The van der Waals surface area contributed by atoms with E-state index in [0.717, 1.165) is 5.69 Å². The van der Waals surface area contributed by atoms with E-state index >= 15 is 0 Å². The summed E-state index contributed by atoms with van der Waals surface area (Å²) in [4.78, 5) is 17.3. The second-order valence-corrected chi connectivity index (χ2v) is 4.97. The number of methoxy groups -OCH3 is 1. The fraction of sp³-hybridized carbons (Fsp3) is 0.250. The van der Waals surface area contributed by atoms with Gasteiger partial charge in [-0.1, -0.05) is 0 Å². The topological polar surface area (TPSA) is 63.7 Å². The maximum Gasteiger partial charge on any atom is 0.414 e. The normalized spacial score (nSPS) is 13.8. The monoisotopic (exact) mass is 317 g/mol. The van der Waals surface area contributed by atoms with Crippen LogP contribution >= 0.6 is 0 Å². The molecular formula is C16H16FN3O3. The summed E-state index contributed by atoms with van der Waals surface area (Å²) in [6.45, 7) is 1.29. The number of rotatable bonds is 5. The first-order valence-electron chi connectivity index (χ1n) is 7.14. The van der Waals surface area contributed by atoms with Gasteiger partial charge in [0.1, 0.15) is 18.2 Å². The second kappa shape index (κ2) is 6.51. The number of hydrogen-bond acceptors (Lipinski definition) is 5. The van der Waals surface area contributed by atoms with Gasteiger partial charge in [0.2, 0.25) is 0 Å². The van der Waals surface area contributed by atoms with Crippen LogP contribution in [0.25, 0.3) is 0 Å². The number of aromatic nitrogens is 1. The summed E-state index contributed by atoms with van der Waals surface area (Å²) in [5.41, 5.74) is 2.16. The molecule has 0 bridgehead atoms. The minimum Gasteiger partial charge on any atom is -0.495 e. The van der Waals surface area contributed by atoms with E-state index < -0.39 is 0 Å². The van der Waals surface area contributed by atoms with Crippen LogP contribution in [-0.2, 0) is 11.3 Å². The molecule has 120 valence electrons. The lowest BCUT2D eigenvalue weighted by Crippen LogP contribution is -2.24. The van der Waals surface area contributed by atoms with Gasteiger partial charge < -0.3 is 14.8 Å². The number of carbonyl (C=O) groups is 1. The average Bonchev–Trinajstić information content (AvgIpc) is 3.00. The van der Waals surface area contributed by atoms with Gasteiger partial charge in [0.15, 0.2) is 0 Å². The maximum atomic E-state index is 12.8. The van der Waals surface area contributed by atoms with Gasteiger partial charge in [-0.25, -0.2) is 9.18 Å². The smallest absolute Gasteiger partial charge is 0.414 e. The van der Waals surface area contributed by atoms with Crippen molar-refractivity contribution in [1.82, 2.24) is 4.98 Å². The number of nitrogens with one attached hydrogen (secondary N) is 1. The molecule has 0 atom stereocenters. The van der Waals surface area contributed by atoms with E-state index in [1.54, 1.807) is 19.2 Å². The summed E-state index contributed by atoms with van der Waals surface area (Å²) in [6, 6.07) is 8.41. The van der Waals surface area contributed by atoms with Gasteiger partial charge in [0.05, 0.1) is 37.8 Å². The van der Waals surface area contributed by atoms with Gasteiger partial charge >= 0.3 is 6.09 Å². The van der Waals surface area contributed by atoms with Crippen LogP contribution in [0, 0.1) is 5.82 Å². The van der Waals surface area contributed by atoms with Crippen LogP contribution in [0.1, 0.15) is 5.69 Å². The van der Waals surface area contributed by atoms with Crippen LogP contribution in [0.4, 0.5) is 20.6 Å². The fourth-order valence-corrected chi connectivity index (χ4v) is 2.33. The molecule has 0 radical (unpaired) electrons. The fourth-order valence-electron chi connectivity index (χ4n) is 2.33. The van der Waals surface area contributed by atoms with Crippen molar-refractivity contribution < 1.29 is 18.7 Å². The average molecular weight is 317 g/mol. The third kappa shape index (κ3) is 3.33. The van der Waals surface area contributed by atoms with Crippen LogP contribution in [0.5, 0.6) is 5.75 Å². The summed E-state index contributed by atoms with van der Waals surface area (Å²) >= 11 is 0. The van der Waals surface area contributed by atoms with Crippen LogP contribution < -0.4 is 15.0 Å². The summed E-state index contributed by atoms with van der Waals surface area (Å²) in [7, 11) is 1.55. The minimum absolute atomic E-state index is 0.360. The Balaban J connectivity index is 1.77. The highest BCUT2D eigenvalue weighted by molar-refractivity contribution is 5.92. The first-order chi connectivity index (χ1) is 11.2. The molecule has 1 saturated heterocycles. The molecule has 1 aromatic carbocycles. The van der Waals surface area contributed by atoms with Crippen LogP contribution in [0.3, 0.4) is 0 Å². The Morgan fingerprint density at radius 2 is 2.26 bits per heavy atom. The number of pyridine rings is 1. The van der Waals surface area contributed by atoms with Crippen molar-refractivity contribution in [3.8, 4) is 5.75 Å². The van der Waals surface area contributed by atoms with Gasteiger partial charge in [-0.05, 0) is 30.3 Å². The van der Waals surface area contributed by atoms with E-state index in [0.29, 0.717) is 36.8 Å². The van der Waals surface area contributed by atoms with Gasteiger partial charge in [0, 0.05) is 5.69 Å². The predicted octanol–water partition coefficient (Wildman–Crippen LogP) is 2.80. The number of cyclic esters (lactones) is 1. The Labute approximate surface area is 132 Å². The number of benzene rings is 1. The molecule has 1 aromatic heterocycles. The molecule has 7 heteroatoms. The van der Waals surface area contributed by atoms with E-state index in [1.807, 2.05) is 12.1 Å². The first-order valence-corrected chi connectivity index (χ1v) is 7.14. The zero-order valence-electron chi connectivity index (χ0n) is 12.6. The van der Waals surface area contributed by atoms with E-state index in [-0.39, 0.29) is 11.9 Å². The highest BCUT2D eigenvalue weighted by Gasteiger charge is 2.26. The molecule has 1 N–H and O–H groups in total. The number of nitrogens with zero attached hydrogens (tertiary/aromatic N) is 2. The minimum atomic E-state index is -0.388. The van der Waals surface area contributed by atoms with Crippen LogP contribution in [-0.4, -0.2) is 31.3 Å². The standard InChI is InChI=1S/C16H16FN3O3/c1-22-15-5-4-12(8-14(15)20-6-7-23-16(20)21)19-10-13-3-2-11(17)9-18-13/h2-5,8-9,19H,6-7,10H2,1H3. The maximum absolute atomic E-state index is 12.8. The zero-order chi connectivity index (χ0) is 16.2. The Kier molecular flexibility index (Phi) is 4.27. The van der Waals surface area contributed by atoms with Crippen LogP contribution in [0.2, 0.25) is 0 Å². The third-order valence-electron chi connectivity index (χ3n) is 3.49. The number of carbonyl (C=O) groups excluding carboxylic acids is 1. The molecule has 6 nitrogen and oxygen atoms in total. The highest BCUT2D eigenvalue weighted by atomic mass is 19.1. The molecule has 0 saturated carbocycles. The van der Waals surface area contributed by atoms with Crippen molar-refractivity contribution in [3.63, 3.8) is 0 Å². The van der Waals surface area contributed by atoms with Crippen molar-refractivity contribution >= 4 is 17.5 Å². The van der Waals surface area contributed by atoms with Gasteiger partial charge in [-0.2, -0.15) is 0 Å². The van der Waals surface area contributed by atoms with E-state index in [1.165, 1.54) is 17.2 Å². The van der Waals surface area contributed by atoms with Crippen molar-refractivity contribution in [1.29, 1.82) is 0 Å². The summed E-state index contributed by atoms with van der Waals surface area (Å²) in [6.07, 6.45) is 0.789. The van der Waals surface area contributed by atoms with Crippen LogP contribution in [0.15, 0.2) is 36.5 Å². The lowest BCUT2D eigenvalue weighted by atomic mass is 10.2. The van der Waals surface area contributed by atoms with Crippen molar-refractivity contribution in [2.75, 3.05) is 30.5 Å². The van der Waals surface area contributed by atoms with E-state index in [4.69, 9.17) is 9.47 Å². The van der Waals surface area contributed by atoms with Gasteiger partial charge in [0.25, 0.3) is 0 Å². The largest absolute Gasteiger partial charge is 0.495 e. The lowest BCUT2D eigenvalue weighted by molar-refractivity contribution is 0.181. The molecule has 2 aromatic rings. The molecular weight excluding hydrogens is 301 g/mol. The Bertz CT molecular complexity index is 706. The molecule has 3 rings (SSSR count). The molecule has 1 aliphatic rings. The third-order valence-corrected chi connectivity index (χ3v) is 3.49. The molecule has 2 heterocycles. The van der Waals surface area contributed by atoms with Crippen molar-refractivity contribution in [3.05, 3.63) is 48.0 Å². The number of halogens is 1. The molecule has 1 aliphatic heterocycles. The Morgan fingerprint density at radius 3 is 2.91 bits per heavy atom. The molecule has 23 heavy (non-hydrogen) atoms. The molecule has 1 amide bonds. The van der Waals surface area contributed by atoms with E-state index in [9.17, 15) is 9.18 Å². The summed E-state index contributed by atoms with van der Waals surface area (Å²) in [5, 5.41) is 3.19. The summed E-state index contributed by atoms with van der Waals surface area (Å²) in [5.74, 6) is 0.224. The lowest BCUT2D eigenvalue weighted by Gasteiger charge is -2.18. The quantitative estimate of drug-likeness (QED) is 0.918. The molecule has 0 unspecified atom stereocenters. The number of ether oxygens (including phenoxy) is 2. The SMILES string of the molecule is COc1ccc(NCc2ccc(F)cn2)cc1N1CCOC1=O. The van der Waals surface area contributed by atoms with Crippen molar-refractivity contribution in [2.45, 2.75) is 6.54 Å². The Hall–Kier alpha value is -2.83. The molecule has 0 spiro atoms. The van der Waals surface area contributed by atoms with E-state index in [2.05, 4.69) is 10.3 Å². The molecule has 1 fully saturated rings. The molecule has 0 aliphatic carbocycles. The summed E-state index contributed by atoms with van der Waals surface area (Å²) < 4.78 is 23.1. The Morgan fingerprint density at radius 1 is 1.39 bits per heavy atom. The highest BCUT2D eigenvalue weighted by Crippen LogP contribution is 2.33. The first kappa shape index (κ1) is 15.1. The predicted molar refractivity (Wildman–Crippen MR) is 83.2 cm³/mol. The number of amides is 1. The number of anilines is 2. The number of hydrogen-bond donors (Lipinski definition) is 1.